The summed E-state index contributed by atoms with van der Waals surface area (Å²) in [5.41, 5.74) is 1.59. The Morgan fingerprint density at radius 2 is 1.72 bits per heavy atom. The lowest BCUT2D eigenvalue weighted by Crippen LogP contribution is -2.54. The summed E-state index contributed by atoms with van der Waals surface area (Å²) >= 11 is 11.7. The third kappa shape index (κ3) is 5.91. The smallest absolute Gasteiger partial charge is 0.335 e. The van der Waals surface area contributed by atoms with Crippen LogP contribution in [0.2, 0.25) is 5.02 Å². The van der Waals surface area contributed by atoms with Crippen LogP contribution in [-0.2, 0) is 16.2 Å². The Hall–Kier alpha value is -2.89. The molecule has 36 heavy (non-hydrogen) atoms. The number of rotatable bonds is 7. The standard InChI is InChI=1S/C26H19BrClIN2O5/c1-2-35-22-13-16(12-21(27)23(22)36-14-15-3-7-18(29)8-4-15)11-20-24(32)30-26(34)31(25(20)33)19-9-5-17(28)6-10-19/h3-13H,2,14H2,1H3,(H,30,32,34)/b20-11+. The quantitative estimate of drug-likeness (QED) is 0.179. The second-order valence-electron chi connectivity index (χ2n) is 7.61. The van der Waals surface area contributed by atoms with Crippen molar-refractivity contribution in [1.29, 1.82) is 0 Å². The second kappa shape index (κ2) is 11.4. The summed E-state index contributed by atoms with van der Waals surface area (Å²) in [6.45, 7) is 2.55. The van der Waals surface area contributed by atoms with E-state index in [9.17, 15) is 14.4 Å². The van der Waals surface area contributed by atoms with Gasteiger partial charge in [0.1, 0.15) is 12.2 Å². The first-order valence-electron chi connectivity index (χ1n) is 10.8. The van der Waals surface area contributed by atoms with Crippen molar-refractivity contribution >= 4 is 79.7 Å². The summed E-state index contributed by atoms with van der Waals surface area (Å²) < 4.78 is 13.5. The van der Waals surface area contributed by atoms with Crippen LogP contribution in [0.5, 0.6) is 11.5 Å². The molecular formula is C26H19BrClIN2O5. The van der Waals surface area contributed by atoms with E-state index < -0.39 is 17.8 Å². The number of ether oxygens (including phenoxy) is 2. The molecule has 0 radical (unpaired) electrons. The molecule has 0 spiro atoms. The van der Waals surface area contributed by atoms with Crippen molar-refractivity contribution in [2.45, 2.75) is 13.5 Å². The van der Waals surface area contributed by atoms with Crippen molar-refractivity contribution in [3.05, 3.63) is 90.4 Å². The number of halogens is 3. The van der Waals surface area contributed by atoms with Crippen molar-refractivity contribution in [1.82, 2.24) is 5.32 Å². The molecule has 1 saturated heterocycles. The maximum Gasteiger partial charge on any atom is 0.335 e. The van der Waals surface area contributed by atoms with Crippen LogP contribution in [0.3, 0.4) is 0 Å². The number of carbonyl (C=O) groups excluding carboxylic acids is 3. The van der Waals surface area contributed by atoms with Crippen LogP contribution in [0, 0.1) is 3.57 Å². The molecule has 0 atom stereocenters. The van der Waals surface area contributed by atoms with E-state index in [1.54, 1.807) is 24.3 Å². The van der Waals surface area contributed by atoms with E-state index in [0.717, 1.165) is 14.0 Å². The van der Waals surface area contributed by atoms with Gasteiger partial charge in [0, 0.05) is 8.59 Å². The number of barbiturate groups is 1. The molecule has 1 heterocycles. The number of carbonyl (C=O) groups is 3. The molecule has 184 valence electrons. The Bertz CT molecular complexity index is 1360. The Labute approximate surface area is 234 Å². The van der Waals surface area contributed by atoms with Crippen LogP contribution in [0.4, 0.5) is 10.5 Å². The molecular weight excluding hydrogens is 663 g/mol. The van der Waals surface area contributed by atoms with E-state index in [-0.39, 0.29) is 11.3 Å². The third-order valence-corrected chi connectivity index (χ3v) is 6.69. The lowest BCUT2D eigenvalue weighted by Gasteiger charge is -2.26. The Morgan fingerprint density at radius 1 is 1.03 bits per heavy atom. The summed E-state index contributed by atoms with van der Waals surface area (Å²) in [5, 5.41) is 2.66. The minimum absolute atomic E-state index is 0.202. The minimum atomic E-state index is -0.833. The molecule has 4 amide bonds. The zero-order chi connectivity index (χ0) is 25.8. The summed E-state index contributed by atoms with van der Waals surface area (Å²) in [5.74, 6) is -0.601. The lowest BCUT2D eigenvalue weighted by molar-refractivity contribution is -0.122. The number of amides is 4. The molecule has 3 aromatic rings. The average Bonchev–Trinajstić information content (AvgIpc) is 2.83. The molecule has 3 aromatic carbocycles. The fourth-order valence-electron chi connectivity index (χ4n) is 3.46. The van der Waals surface area contributed by atoms with Gasteiger partial charge in [0.05, 0.1) is 16.8 Å². The van der Waals surface area contributed by atoms with Gasteiger partial charge in [0.25, 0.3) is 11.8 Å². The van der Waals surface area contributed by atoms with Gasteiger partial charge in [-0.1, -0.05) is 23.7 Å². The van der Waals surface area contributed by atoms with Crippen LogP contribution < -0.4 is 19.7 Å². The number of hydrogen-bond acceptors (Lipinski definition) is 5. The van der Waals surface area contributed by atoms with Crippen LogP contribution >= 0.6 is 50.1 Å². The normalized spacial score (nSPS) is 14.7. The first-order chi connectivity index (χ1) is 17.3. The van der Waals surface area contributed by atoms with Gasteiger partial charge in [0.15, 0.2) is 11.5 Å². The van der Waals surface area contributed by atoms with Crippen molar-refractivity contribution in [2.75, 3.05) is 11.5 Å². The Kier molecular flexibility index (Phi) is 8.32. The molecule has 1 aliphatic rings. The summed E-state index contributed by atoms with van der Waals surface area (Å²) in [6, 6.07) is 16.7. The predicted octanol–water partition coefficient (Wildman–Crippen LogP) is 6.35. The van der Waals surface area contributed by atoms with Crippen molar-refractivity contribution in [3.8, 4) is 11.5 Å². The number of nitrogens with one attached hydrogen (secondary N) is 1. The summed E-state index contributed by atoms with van der Waals surface area (Å²) in [6.07, 6.45) is 1.41. The van der Waals surface area contributed by atoms with Crippen LogP contribution in [-0.4, -0.2) is 24.5 Å². The van der Waals surface area contributed by atoms with E-state index in [2.05, 4.69) is 43.8 Å². The van der Waals surface area contributed by atoms with Gasteiger partial charge in [0.2, 0.25) is 0 Å². The molecule has 1 N–H and O–H groups in total. The summed E-state index contributed by atoms with van der Waals surface area (Å²) in [7, 11) is 0. The van der Waals surface area contributed by atoms with Gasteiger partial charge in [-0.25, -0.2) is 9.69 Å². The highest BCUT2D eigenvalue weighted by atomic mass is 127. The molecule has 1 fully saturated rings. The third-order valence-electron chi connectivity index (χ3n) is 5.13. The number of nitrogens with zero attached hydrogens (tertiary/aromatic N) is 1. The second-order valence-corrected chi connectivity index (χ2v) is 10.1. The van der Waals surface area contributed by atoms with E-state index in [1.807, 2.05) is 31.2 Å². The molecule has 7 nitrogen and oxygen atoms in total. The Morgan fingerprint density at radius 3 is 2.39 bits per heavy atom. The topological polar surface area (TPSA) is 84.9 Å². The van der Waals surface area contributed by atoms with Crippen LogP contribution in [0.1, 0.15) is 18.1 Å². The maximum absolute atomic E-state index is 13.2. The molecule has 0 aliphatic carbocycles. The fourth-order valence-corrected chi connectivity index (χ4v) is 4.52. The number of anilines is 1. The van der Waals surface area contributed by atoms with Crippen molar-refractivity contribution in [2.24, 2.45) is 0 Å². The largest absolute Gasteiger partial charge is 0.490 e. The lowest BCUT2D eigenvalue weighted by atomic mass is 10.1. The fraction of sp³-hybridized carbons (Fsp3) is 0.115. The van der Waals surface area contributed by atoms with E-state index in [0.29, 0.717) is 39.8 Å². The molecule has 10 heteroatoms. The van der Waals surface area contributed by atoms with E-state index in [4.69, 9.17) is 21.1 Å². The molecule has 1 aliphatic heterocycles. The van der Waals surface area contributed by atoms with Gasteiger partial charge in [-0.15, -0.1) is 0 Å². The van der Waals surface area contributed by atoms with Gasteiger partial charge < -0.3 is 9.47 Å². The number of hydrogen-bond donors (Lipinski definition) is 1. The number of imide groups is 2. The SMILES string of the molecule is CCOc1cc(/C=C2\C(=O)NC(=O)N(c3ccc(Cl)cc3)C2=O)cc(Br)c1OCc1ccc(I)cc1. The molecule has 0 bridgehead atoms. The zero-order valence-electron chi connectivity index (χ0n) is 18.9. The number of urea groups is 1. The molecule has 4 rings (SSSR count). The Balaban J connectivity index is 1.65. The van der Waals surface area contributed by atoms with Crippen molar-refractivity contribution < 1.29 is 23.9 Å². The molecule has 0 aromatic heterocycles. The highest BCUT2D eigenvalue weighted by Crippen LogP contribution is 2.38. The van der Waals surface area contributed by atoms with Crippen molar-refractivity contribution in [3.63, 3.8) is 0 Å². The first kappa shape index (κ1) is 26.2. The van der Waals surface area contributed by atoms with Gasteiger partial charge in [-0.05, 0) is 111 Å². The van der Waals surface area contributed by atoms with Gasteiger partial charge >= 0.3 is 6.03 Å². The highest BCUT2D eigenvalue weighted by molar-refractivity contribution is 14.1. The molecule has 0 saturated carbocycles. The maximum atomic E-state index is 13.2. The average molecular weight is 682 g/mol. The van der Waals surface area contributed by atoms with E-state index in [1.165, 1.54) is 18.2 Å². The van der Waals surface area contributed by atoms with Gasteiger partial charge in [-0.2, -0.15) is 0 Å². The predicted molar refractivity (Wildman–Crippen MR) is 149 cm³/mol. The van der Waals surface area contributed by atoms with E-state index >= 15 is 0 Å². The number of benzene rings is 3. The summed E-state index contributed by atoms with van der Waals surface area (Å²) in [4.78, 5) is 39.0. The zero-order valence-corrected chi connectivity index (χ0v) is 23.4. The highest BCUT2D eigenvalue weighted by Gasteiger charge is 2.36. The van der Waals surface area contributed by atoms with Crippen LogP contribution in [0.25, 0.3) is 6.08 Å². The minimum Gasteiger partial charge on any atom is -0.490 e. The van der Waals surface area contributed by atoms with Crippen LogP contribution in [0.15, 0.2) is 70.7 Å². The monoisotopic (exact) mass is 680 g/mol. The first-order valence-corrected chi connectivity index (χ1v) is 13.0. The molecule has 0 unspecified atom stereocenters. The van der Waals surface area contributed by atoms with Gasteiger partial charge in [-0.3, -0.25) is 14.9 Å².